The summed E-state index contributed by atoms with van der Waals surface area (Å²) in [6.45, 7) is 9.47. The Kier molecular flexibility index (Phi) is 4.79. The average Bonchev–Trinajstić information content (AvgIpc) is 2.82. The Bertz CT molecular complexity index is 362. The topological polar surface area (TPSA) is 21.3 Å². The van der Waals surface area contributed by atoms with Crippen molar-refractivity contribution < 1.29 is 4.74 Å². The van der Waals surface area contributed by atoms with Crippen molar-refractivity contribution in [1.29, 1.82) is 0 Å². The molecule has 1 N–H and O–H groups in total. The summed E-state index contributed by atoms with van der Waals surface area (Å²) in [5, 5.41) is 3.70. The van der Waals surface area contributed by atoms with Gasteiger partial charge in [0.2, 0.25) is 0 Å². The van der Waals surface area contributed by atoms with E-state index in [0.29, 0.717) is 12.0 Å². The van der Waals surface area contributed by atoms with E-state index in [1.807, 2.05) is 0 Å². The van der Waals surface area contributed by atoms with Gasteiger partial charge in [-0.25, -0.2) is 0 Å². The van der Waals surface area contributed by atoms with Gasteiger partial charge in [0.15, 0.2) is 0 Å². The van der Waals surface area contributed by atoms with Gasteiger partial charge >= 0.3 is 0 Å². The Labute approximate surface area is 111 Å². The lowest BCUT2D eigenvalue weighted by molar-refractivity contribution is 0.176. The fraction of sp³-hybridized carbons (Fsp3) is 0.625. The van der Waals surface area contributed by atoms with Gasteiger partial charge in [0.25, 0.3) is 0 Å². The molecule has 1 saturated heterocycles. The Morgan fingerprint density at radius 1 is 1.28 bits per heavy atom. The zero-order valence-electron chi connectivity index (χ0n) is 11.8. The standard InChI is InChI=1S/C16H25NO/c1-4-6-17-16(14-5-7-18-11-14)15-9-12(2)8-13(3)10-15/h8-10,14,16-17H,4-7,11H2,1-3H3. The van der Waals surface area contributed by atoms with E-state index in [4.69, 9.17) is 4.74 Å². The van der Waals surface area contributed by atoms with Crippen LogP contribution in [0.4, 0.5) is 0 Å². The third-order valence-corrected chi connectivity index (χ3v) is 3.65. The predicted molar refractivity (Wildman–Crippen MR) is 75.9 cm³/mol. The van der Waals surface area contributed by atoms with E-state index in [1.54, 1.807) is 0 Å². The van der Waals surface area contributed by atoms with Crippen LogP contribution in [-0.4, -0.2) is 19.8 Å². The number of hydrogen-bond acceptors (Lipinski definition) is 2. The maximum Gasteiger partial charge on any atom is 0.0513 e. The van der Waals surface area contributed by atoms with E-state index >= 15 is 0 Å². The third-order valence-electron chi connectivity index (χ3n) is 3.65. The zero-order valence-corrected chi connectivity index (χ0v) is 11.8. The second-order valence-corrected chi connectivity index (χ2v) is 5.48. The molecule has 0 bridgehead atoms. The fourth-order valence-electron chi connectivity index (χ4n) is 2.86. The van der Waals surface area contributed by atoms with E-state index in [9.17, 15) is 0 Å². The van der Waals surface area contributed by atoms with E-state index in [0.717, 1.165) is 19.8 Å². The molecular weight excluding hydrogens is 222 g/mol. The molecule has 1 aromatic rings. The molecule has 0 aliphatic carbocycles. The van der Waals surface area contributed by atoms with Crippen LogP contribution in [0.1, 0.15) is 42.5 Å². The van der Waals surface area contributed by atoms with Crippen molar-refractivity contribution in [3.05, 3.63) is 34.9 Å². The lowest BCUT2D eigenvalue weighted by Crippen LogP contribution is -2.29. The second-order valence-electron chi connectivity index (χ2n) is 5.48. The molecule has 1 aliphatic rings. The Morgan fingerprint density at radius 2 is 2.00 bits per heavy atom. The maximum atomic E-state index is 5.56. The fourth-order valence-corrected chi connectivity index (χ4v) is 2.86. The van der Waals surface area contributed by atoms with Crippen LogP contribution in [0.3, 0.4) is 0 Å². The molecule has 18 heavy (non-hydrogen) atoms. The molecule has 2 nitrogen and oxygen atoms in total. The first-order valence-electron chi connectivity index (χ1n) is 7.10. The summed E-state index contributed by atoms with van der Waals surface area (Å²) >= 11 is 0. The highest BCUT2D eigenvalue weighted by Gasteiger charge is 2.26. The normalized spacial score (nSPS) is 21.2. The van der Waals surface area contributed by atoms with Gasteiger partial charge in [-0.3, -0.25) is 0 Å². The van der Waals surface area contributed by atoms with E-state index in [2.05, 4.69) is 44.3 Å². The summed E-state index contributed by atoms with van der Waals surface area (Å²) in [7, 11) is 0. The number of hydrogen-bond donors (Lipinski definition) is 1. The van der Waals surface area contributed by atoms with Crippen LogP contribution < -0.4 is 5.32 Å². The van der Waals surface area contributed by atoms with Crippen molar-refractivity contribution in [2.45, 2.75) is 39.7 Å². The summed E-state index contributed by atoms with van der Waals surface area (Å²) in [5.41, 5.74) is 4.14. The summed E-state index contributed by atoms with van der Waals surface area (Å²) < 4.78 is 5.56. The van der Waals surface area contributed by atoms with Gasteiger partial charge in [-0.1, -0.05) is 36.2 Å². The van der Waals surface area contributed by atoms with Gasteiger partial charge in [-0.15, -0.1) is 0 Å². The van der Waals surface area contributed by atoms with E-state index in [1.165, 1.54) is 29.5 Å². The number of aryl methyl sites for hydroxylation is 2. The maximum absolute atomic E-state index is 5.56. The van der Waals surface area contributed by atoms with Crippen LogP contribution in [0, 0.1) is 19.8 Å². The van der Waals surface area contributed by atoms with Crippen molar-refractivity contribution in [2.75, 3.05) is 19.8 Å². The lowest BCUT2D eigenvalue weighted by atomic mass is 9.90. The highest BCUT2D eigenvalue weighted by molar-refractivity contribution is 5.31. The third kappa shape index (κ3) is 3.33. The molecule has 2 unspecified atom stereocenters. The lowest BCUT2D eigenvalue weighted by Gasteiger charge is -2.25. The average molecular weight is 247 g/mol. The van der Waals surface area contributed by atoms with Gasteiger partial charge in [-0.05, 0) is 38.8 Å². The van der Waals surface area contributed by atoms with E-state index < -0.39 is 0 Å². The van der Waals surface area contributed by atoms with Crippen molar-refractivity contribution >= 4 is 0 Å². The molecule has 100 valence electrons. The molecule has 1 aromatic carbocycles. The molecule has 0 spiro atoms. The van der Waals surface area contributed by atoms with Gasteiger partial charge in [0, 0.05) is 18.6 Å². The minimum atomic E-state index is 0.450. The predicted octanol–water partition coefficient (Wildman–Crippen LogP) is 3.38. The molecule has 0 saturated carbocycles. The quantitative estimate of drug-likeness (QED) is 0.861. The molecule has 2 rings (SSSR count). The molecular formula is C16H25NO. The van der Waals surface area contributed by atoms with Crippen LogP contribution in [-0.2, 0) is 4.74 Å². The largest absolute Gasteiger partial charge is 0.381 e. The Morgan fingerprint density at radius 3 is 2.56 bits per heavy atom. The van der Waals surface area contributed by atoms with Crippen LogP contribution in [0.15, 0.2) is 18.2 Å². The van der Waals surface area contributed by atoms with Crippen molar-refractivity contribution in [3.63, 3.8) is 0 Å². The smallest absolute Gasteiger partial charge is 0.0513 e. The second kappa shape index (κ2) is 6.35. The van der Waals surface area contributed by atoms with Gasteiger partial charge < -0.3 is 10.1 Å². The van der Waals surface area contributed by atoms with Crippen LogP contribution in [0.25, 0.3) is 0 Å². The van der Waals surface area contributed by atoms with Crippen LogP contribution in [0.5, 0.6) is 0 Å². The molecule has 1 heterocycles. The van der Waals surface area contributed by atoms with E-state index in [-0.39, 0.29) is 0 Å². The summed E-state index contributed by atoms with van der Waals surface area (Å²) in [5.74, 6) is 0.623. The van der Waals surface area contributed by atoms with Crippen LogP contribution in [0.2, 0.25) is 0 Å². The SMILES string of the molecule is CCCNC(c1cc(C)cc(C)c1)C1CCOC1. The molecule has 0 aromatic heterocycles. The number of rotatable bonds is 5. The van der Waals surface area contributed by atoms with Crippen molar-refractivity contribution in [1.82, 2.24) is 5.32 Å². The molecule has 2 atom stereocenters. The monoisotopic (exact) mass is 247 g/mol. The molecule has 1 aliphatic heterocycles. The molecule has 0 radical (unpaired) electrons. The molecule has 1 fully saturated rings. The first kappa shape index (κ1) is 13.6. The Hall–Kier alpha value is -0.860. The number of nitrogens with one attached hydrogen (secondary N) is 1. The minimum absolute atomic E-state index is 0.450. The zero-order chi connectivity index (χ0) is 13.0. The summed E-state index contributed by atoms with van der Waals surface area (Å²) in [4.78, 5) is 0. The molecule has 0 amide bonds. The first-order valence-corrected chi connectivity index (χ1v) is 7.10. The summed E-state index contributed by atoms with van der Waals surface area (Å²) in [6, 6.07) is 7.33. The van der Waals surface area contributed by atoms with Gasteiger partial charge in [0.1, 0.15) is 0 Å². The highest BCUT2D eigenvalue weighted by Crippen LogP contribution is 2.29. The first-order chi connectivity index (χ1) is 8.70. The van der Waals surface area contributed by atoms with Gasteiger partial charge in [0.05, 0.1) is 6.61 Å². The van der Waals surface area contributed by atoms with Gasteiger partial charge in [-0.2, -0.15) is 0 Å². The molecule has 2 heteroatoms. The number of ether oxygens (including phenoxy) is 1. The Balaban J connectivity index is 2.20. The number of benzene rings is 1. The van der Waals surface area contributed by atoms with Crippen LogP contribution >= 0.6 is 0 Å². The summed E-state index contributed by atoms with van der Waals surface area (Å²) in [6.07, 6.45) is 2.35. The van der Waals surface area contributed by atoms with Crippen molar-refractivity contribution in [3.8, 4) is 0 Å². The highest BCUT2D eigenvalue weighted by atomic mass is 16.5. The minimum Gasteiger partial charge on any atom is -0.381 e. The van der Waals surface area contributed by atoms with Crippen molar-refractivity contribution in [2.24, 2.45) is 5.92 Å².